The maximum Gasteiger partial charge on any atom is 0.158 e. The second-order valence-electron chi connectivity index (χ2n) is 5.22. The van der Waals surface area contributed by atoms with Crippen molar-refractivity contribution < 1.29 is 9.47 Å². The first-order valence-corrected chi connectivity index (χ1v) is 7.78. The molecule has 0 saturated heterocycles. The van der Waals surface area contributed by atoms with E-state index in [1.54, 1.807) is 7.11 Å². The topological polar surface area (TPSA) is 68.3 Å². The van der Waals surface area contributed by atoms with Crippen molar-refractivity contribution in [1.29, 1.82) is 0 Å². The van der Waals surface area contributed by atoms with E-state index in [-0.39, 0.29) is 0 Å². The second-order valence-corrected chi connectivity index (χ2v) is 5.22. The monoisotopic (exact) mass is 294 g/mol. The van der Waals surface area contributed by atoms with Gasteiger partial charge in [0.05, 0.1) is 12.7 Å². The molecule has 1 saturated carbocycles. The first-order chi connectivity index (χ1) is 10.3. The van der Waals surface area contributed by atoms with Crippen LogP contribution in [0.3, 0.4) is 0 Å². The second kappa shape index (κ2) is 8.79. The lowest BCUT2D eigenvalue weighted by Crippen LogP contribution is -2.16. The average Bonchev–Trinajstić information content (AvgIpc) is 2.97. The summed E-state index contributed by atoms with van der Waals surface area (Å²) in [5, 5.41) is 6.50. The Hall–Kier alpha value is -1.40. The van der Waals surface area contributed by atoms with Gasteiger partial charge in [-0.25, -0.2) is 9.97 Å². The Kier molecular flexibility index (Phi) is 6.69. The number of anilines is 2. The van der Waals surface area contributed by atoms with Gasteiger partial charge in [0, 0.05) is 26.3 Å². The van der Waals surface area contributed by atoms with Gasteiger partial charge < -0.3 is 20.1 Å². The molecular formula is C15H26N4O2. The van der Waals surface area contributed by atoms with E-state index in [0.717, 1.165) is 24.7 Å². The van der Waals surface area contributed by atoms with Crippen molar-refractivity contribution in [1.82, 2.24) is 9.97 Å². The highest BCUT2D eigenvalue weighted by molar-refractivity contribution is 5.47. The van der Waals surface area contributed by atoms with Crippen molar-refractivity contribution in [3.8, 4) is 0 Å². The molecule has 0 aliphatic heterocycles. The Bertz CT molecular complexity index is 398. The largest absolute Gasteiger partial charge is 0.377 e. The van der Waals surface area contributed by atoms with E-state index in [2.05, 4.69) is 20.6 Å². The van der Waals surface area contributed by atoms with Crippen LogP contribution in [0.5, 0.6) is 0 Å². The number of hydrogen-bond acceptors (Lipinski definition) is 6. The zero-order valence-electron chi connectivity index (χ0n) is 13.0. The first kappa shape index (κ1) is 16.0. The Morgan fingerprint density at radius 1 is 1.19 bits per heavy atom. The molecule has 1 aromatic heterocycles. The summed E-state index contributed by atoms with van der Waals surface area (Å²) in [5.41, 5.74) is 0. The summed E-state index contributed by atoms with van der Waals surface area (Å²) < 4.78 is 10.9. The average molecular weight is 294 g/mol. The molecule has 1 heterocycles. The molecule has 1 aliphatic carbocycles. The van der Waals surface area contributed by atoms with Gasteiger partial charge in [-0.3, -0.25) is 0 Å². The minimum atomic E-state index is 0.409. The van der Waals surface area contributed by atoms with Crippen LogP contribution < -0.4 is 10.6 Å². The minimum absolute atomic E-state index is 0.409. The Labute approximate surface area is 126 Å². The van der Waals surface area contributed by atoms with Crippen LogP contribution in [0.4, 0.5) is 11.6 Å². The first-order valence-electron chi connectivity index (χ1n) is 7.78. The van der Waals surface area contributed by atoms with E-state index in [0.29, 0.717) is 25.1 Å². The van der Waals surface area contributed by atoms with Crippen LogP contribution in [-0.2, 0) is 16.1 Å². The molecular weight excluding hydrogens is 268 g/mol. The van der Waals surface area contributed by atoms with Crippen molar-refractivity contribution >= 4 is 11.6 Å². The van der Waals surface area contributed by atoms with Gasteiger partial charge in [0.1, 0.15) is 18.2 Å². The number of hydrogen-bond donors (Lipinski definition) is 2. The summed E-state index contributed by atoms with van der Waals surface area (Å²) in [4.78, 5) is 8.82. The quantitative estimate of drug-likeness (QED) is 0.682. The van der Waals surface area contributed by atoms with Crippen LogP contribution in [0.15, 0.2) is 6.07 Å². The normalized spacial score (nSPS) is 15.3. The molecule has 6 nitrogen and oxygen atoms in total. The van der Waals surface area contributed by atoms with Gasteiger partial charge in [-0.05, 0) is 19.8 Å². The lowest BCUT2D eigenvalue weighted by molar-refractivity contribution is 0.0658. The van der Waals surface area contributed by atoms with Gasteiger partial charge in [-0.15, -0.1) is 0 Å². The van der Waals surface area contributed by atoms with Gasteiger partial charge in [0.25, 0.3) is 0 Å². The smallest absolute Gasteiger partial charge is 0.158 e. The molecule has 0 spiro atoms. The van der Waals surface area contributed by atoms with Gasteiger partial charge in [-0.2, -0.15) is 0 Å². The zero-order chi connectivity index (χ0) is 14.9. The maximum absolute atomic E-state index is 5.83. The lowest BCUT2D eigenvalue weighted by atomic mass is 10.3. The highest BCUT2D eigenvalue weighted by atomic mass is 16.5. The summed E-state index contributed by atoms with van der Waals surface area (Å²) >= 11 is 0. The number of aromatic nitrogens is 2. The predicted octanol–water partition coefficient (Wildman–Crippen LogP) is 2.43. The molecule has 0 amide bonds. The maximum atomic E-state index is 5.83. The summed E-state index contributed by atoms with van der Waals surface area (Å²) in [6.45, 7) is 4.75. The highest BCUT2D eigenvalue weighted by Crippen LogP contribution is 2.20. The van der Waals surface area contributed by atoms with Gasteiger partial charge in [0.2, 0.25) is 0 Å². The van der Waals surface area contributed by atoms with Crippen LogP contribution in [0.1, 0.15) is 38.4 Å². The lowest BCUT2D eigenvalue weighted by Gasteiger charge is -2.13. The van der Waals surface area contributed by atoms with E-state index in [1.165, 1.54) is 25.7 Å². The van der Waals surface area contributed by atoms with Crippen molar-refractivity contribution in [2.45, 2.75) is 45.3 Å². The number of methoxy groups -OCH3 is 1. The molecule has 0 aromatic carbocycles. The van der Waals surface area contributed by atoms with E-state index in [4.69, 9.17) is 9.47 Å². The minimum Gasteiger partial charge on any atom is -0.377 e. The van der Waals surface area contributed by atoms with E-state index < -0.39 is 0 Å². The number of rotatable bonds is 9. The predicted molar refractivity (Wildman–Crippen MR) is 83.6 cm³/mol. The van der Waals surface area contributed by atoms with Crippen LogP contribution >= 0.6 is 0 Å². The number of nitrogens with zero attached hydrogens (tertiary/aromatic N) is 2. The Morgan fingerprint density at radius 2 is 1.90 bits per heavy atom. The molecule has 118 valence electrons. The number of ether oxygens (including phenoxy) is 2. The molecule has 1 aliphatic rings. The van der Waals surface area contributed by atoms with E-state index in [9.17, 15) is 0 Å². The van der Waals surface area contributed by atoms with E-state index >= 15 is 0 Å². The van der Waals surface area contributed by atoms with Crippen molar-refractivity contribution in [3.05, 3.63) is 11.9 Å². The van der Waals surface area contributed by atoms with Crippen LogP contribution in [0.2, 0.25) is 0 Å². The zero-order valence-corrected chi connectivity index (χ0v) is 13.0. The van der Waals surface area contributed by atoms with Crippen molar-refractivity contribution in [2.24, 2.45) is 0 Å². The fourth-order valence-corrected chi connectivity index (χ4v) is 2.51. The summed E-state index contributed by atoms with van der Waals surface area (Å²) in [6, 6.07) is 1.91. The van der Waals surface area contributed by atoms with Gasteiger partial charge in [0.15, 0.2) is 5.82 Å². The molecule has 1 aromatic rings. The standard InChI is InChI=1S/C15H26N4O2/c1-3-16-13-10-14(19-15(18-13)11-20-2)17-8-9-21-12-6-4-5-7-12/h10,12H,3-9,11H2,1-2H3,(H2,16,17,18,19). The van der Waals surface area contributed by atoms with Gasteiger partial charge >= 0.3 is 0 Å². The van der Waals surface area contributed by atoms with Crippen LogP contribution in [0, 0.1) is 0 Å². The summed E-state index contributed by atoms with van der Waals surface area (Å²) in [7, 11) is 1.64. The van der Waals surface area contributed by atoms with Crippen molar-refractivity contribution in [3.63, 3.8) is 0 Å². The number of nitrogens with one attached hydrogen (secondary N) is 2. The molecule has 0 unspecified atom stereocenters. The third-order valence-electron chi connectivity index (χ3n) is 3.47. The molecule has 0 radical (unpaired) electrons. The SMILES string of the molecule is CCNc1cc(NCCOC2CCCC2)nc(COC)n1. The molecule has 0 atom stereocenters. The highest BCUT2D eigenvalue weighted by Gasteiger charge is 2.14. The molecule has 1 fully saturated rings. The van der Waals surface area contributed by atoms with Crippen LogP contribution in [0.25, 0.3) is 0 Å². The fourth-order valence-electron chi connectivity index (χ4n) is 2.51. The Balaban J connectivity index is 1.82. The summed E-state index contributed by atoms with van der Waals surface area (Å²) in [5.74, 6) is 2.30. The van der Waals surface area contributed by atoms with Gasteiger partial charge in [-0.1, -0.05) is 12.8 Å². The van der Waals surface area contributed by atoms with Crippen molar-refractivity contribution in [2.75, 3.05) is 37.4 Å². The molecule has 0 bridgehead atoms. The summed E-state index contributed by atoms with van der Waals surface area (Å²) in [6.07, 6.45) is 5.47. The molecule has 2 rings (SSSR count). The third-order valence-corrected chi connectivity index (χ3v) is 3.47. The van der Waals surface area contributed by atoms with Crippen LogP contribution in [-0.4, -0.2) is 42.9 Å². The van der Waals surface area contributed by atoms with E-state index in [1.807, 2.05) is 13.0 Å². The fraction of sp³-hybridized carbons (Fsp3) is 0.733. The third kappa shape index (κ3) is 5.47. The molecule has 6 heteroatoms. The molecule has 21 heavy (non-hydrogen) atoms. The Morgan fingerprint density at radius 3 is 2.57 bits per heavy atom. The molecule has 2 N–H and O–H groups in total.